The number of benzene rings is 2. The third-order valence-corrected chi connectivity index (χ3v) is 7.04. The molecule has 10 heteroatoms. The molecule has 37 heavy (non-hydrogen) atoms. The summed E-state index contributed by atoms with van der Waals surface area (Å²) in [4.78, 5) is 31.5. The third-order valence-electron chi connectivity index (χ3n) is 7.04. The Morgan fingerprint density at radius 1 is 1.00 bits per heavy atom. The Hall–Kier alpha value is -3.66. The van der Waals surface area contributed by atoms with Gasteiger partial charge >= 0.3 is 6.03 Å². The normalized spacial score (nSPS) is 19.6. The van der Waals surface area contributed by atoms with Crippen LogP contribution in [0.1, 0.15) is 12.8 Å². The molecule has 0 unspecified atom stereocenters. The van der Waals surface area contributed by atoms with Crippen LogP contribution in [0.4, 0.5) is 16.2 Å². The lowest BCUT2D eigenvalue weighted by Gasteiger charge is -2.36. The third kappa shape index (κ3) is 6.19. The molecule has 0 spiro atoms. The van der Waals surface area contributed by atoms with Gasteiger partial charge in [0, 0.05) is 63.1 Å². The summed E-state index contributed by atoms with van der Waals surface area (Å²) in [6.45, 7) is 6.95. The van der Waals surface area contributed by atoms with E-state index in [-0.39, 0.29) is 24.4 Å². The van der Waals surface area contributed by atoms with Crippen molar-refractivity contribution in [3.8, 4) is 17.2 Å². The molecule has 2 saturated heterocycles. The molecule has 0 bridgehead atoms. The van der Waals surface area contributed by atoms with Gasteiger partial charge in [-0.05, 0) is 49.4 Å². The molecular formula is C27H35N5O5. The van der Waals surface area contributed by atoms with Gasteiger partial charge in [0.25, 0.3) is 0 Å². The van der Waals surface area contributed by atoms with E-state index in [9.17, 15) is 9.59 Å². The number of urea groups is 1. The molecule has 2 N–H and O–H groups in total. The van der Waals surface area contributed by atoms with Crippen molar-refractivity contribution >= 4 is 23.3 Å². The minimum absolute atomic E-state index is 0.0178. The molecule has 3 amide bonds. The zero-order valence-corrected chi connectivity index (χ0v) is 21.3. The predicted octanol–water partition coefficient (Wildman–Crippen LogP) is 2.08. The first kappa shape index (κ1) is 25.0. The quantitative estimate of drug-likeness (QED) is 0.526. The number of hydrogen-bond acceptors (Lipinski definition) is 7. The van der Waals surface area contributed by atoms with Crippen LogP contribution < -0.4 is 34.6 Å². The Balaban J connectivity index is 0.990. The Bertz CT molecular complexity index is 1090. The zero-order valence-electron chi connectivity index (χ0n) is 21.3. The maximum absolute atomic E-state index is 12.6. The number of fused-ring (bicyclic) bond motifs is 1. The van der Waals surface area contributed by atoms with E-state index in [0.29, 0.717) is 37.8 Å². The van der Waals surface area contributed by atoms with Crippen LogP contribution in [0, 0.1) is 0 Å². The minimum atomic E-state index is -0.230. The number of carbonyl (C=O) groups is 2. The summed E-state index contributed by atoms with van der Waals surface area (Å²) < 4.78 is 16.4. The topological polar surface area (TPSA) is 95.6 Å². The van der Waals surface area contributed by atoms with E-state index >= 15 is 0 Å². The Kier molecular flexibility index (Phi) is 7.84. The summed E-state index contributed by atoms with van der Waals surface area (Å²) in [5.74, 6) is 2.19. The van der Waals surface area contributed by atoms with Crippen LogP contribution >= 0.6 is 0 Å². The van der Waals surface area contributed by atoms with Gasteiger partial charge in [0.15, 0.2) is 11.5 Å². The number of rotatable bonds is 8. The van der Waals surface area contributed by atoms with E-state index in [4.69, 9.17) is 14.2 Å². The predicted molar refractivity (Wildman–Crippen MR) is 141 cm³/mol. The Morgan fingerprint density at radius 3 is 2.49 bits per heavy atom. The van der Waals surface area contributed by atoms with Crippen LogP contribution in [0.25, 0.3) is 0 Å². The van der Waals surface area contributed by atoms with E-state index in [1.807, 2.05) is 30.3 Å². The SMILES string of the molecule is COc1ccc(N2CCN(CCCNC(=O)N[C@@H]3CC(=O)N(c4ccc5c(c4)OCCO5)C3)CC2)cc1. The fraction of sp³-hybridized carbons (Fsp3) is 0.481. The van der Waals surface area contributed by atoms with Crippen molar-refractivity contribution in [3.05, 3.63) is 42.5 Å². The molecule has 198 valence electrons. The van der Waals surface area contributed by atoms with Crippen molar-refractivity contribution in [2.24, 2.45) is 0 Å². The molecule has 10 nitrogen and oxygen atoms in total. The molecule has 3 aliphatic heterocycles. The van der Waals surface area contributed by atoms with Crippen LogP contribution in [0.2, 0.25) is 0 Å². The standard InChI is InChI=1S/C27H35N5O5/c1-35-23-6-3-21(4-7-23)31-13-11-30(12-14-31)10-2-9-28-27(34)29-20-17-26(33)32(19-20)22-5-8-24-25(18-22)37-16-15-36-24/h3-8,18,20H,2,9-17,19H2,1H3,(H2,28,29,34)/t20-/m1/s1. The van der Waals surface area contributed by atoms with Gasteiger partial charge in [-0.3, -0.25) is 9.69 Å². The van der Waals surface area contributed by atoms with Gasteiger partial charge in [0.05, 0.1) is 13.2 Å². The number of anilines is 2. The summed E-state index contributed by atoms with van der Waals surface area (Å²) in [5.41, 5.74) is 1.97. The van der Waals surface area contributed by atoms with Gasteiger partial charge < -0.3 is 34.6 Å². The van der Waals surface area contributed by atoms with Gasteiger partial charge in [-0.2, -0.15) is 0 Å². The van der Waals surface area contributed by atoms with Crippen molar-refractivity contribution < 1.29 is 23.8 Å². The minimum Gasteiger partial charge on any atom is -0.497 e. The van der Waals surface area contributed by atoms with Crippen molar-refractivity contribution in [2.45, 2.75) is 18.9 Å². The number of nitrogens with zero attached hydrogens (tertiary/aromatic N) is 3. The summed E-state index contributed by atoms with van der Waals surface area (Å²) >= 11 is 0. The van der Waals surface area contributed by atoms with Crippen LogP contribution in [-0.4, -0.2) is 89.0 Å². The largest absolute Gasteiger partial charge is 0.497 e. The highest BCUT2D eigenvalue weighted by atomic mass is 16.6. The van der Waals surface area contributed by atoms with E-state index in [0.717, 1.165) is 50.6 Å². The lowest BCUT2D eigenvalue weighted by Crippen LogP contribution is -2.47. The highest BCUT2D eigenvalue weighted by Crippen LogP contribution is 2.35. The van der Waals surface area contributed by atoms with E-state index in [2.05, 4.69) is 32.6 Å². The smallest absolute Gasteiger partial charge is 0.315 e. The second-order valence-electron chi connectivity index (χ2n) is 9.51. The summed E-state index contributed by atoms with van der Waals surface area (Å²) in [6.07, 6.45) is 1.16. The van der Waals surface area contributed by atoms with Crippen LogP contribution in [0.3, 0.4) is 0 Å². The van der Waals surface area contributed by atoms with Crippen LogP contribution in [-0.2, 0) is 4.79 Å². The molecular weight excluding hydrogens is 474 g/mol. The average Bonchev–Trinajstić information content (AvgIpc) is 3.30. The van der Waals surface area contributed by atoms with Gasteiger partial charge in [0.1, 0.15) is 19.0 Å². The summed E-state index contributed by atoms with van der Waals surface area (Å²) in [5, 5.41) is 5.88. The molecule has 0 aliphatic carbocycles. The number of ether oxygens (including phenoxy) is 3. The van der Waals surface area contributed by atoms with Gasteiger partial charge in [0.2, 0.25) is 5.91 Å². The maximum Gasteiger partial charge on any atom is 0.315 e. The molecule has 2 aromatic rings. The van der Waals surface area contributed by atoms with Gasteiger partial charge in [-0.25, -0.2) is 4.79 Å². The lowest BCUT2D eigenvalue weighted by atomic mass is 10.2. The fourth-order valence-electron chi connectivity index (χ4n) is 5.02. The first-order valence-corrected chi connectivity index (χ1v) is 12.9. The second-order valence-corrected chi connectivity index (χ2v) is 9.51. The monoisotopic (exact) mass is 509 g/mol. The van der Waals surface area contributed by atoms with Gasteiger partial charge in [-0.15, -0.1) is 0 Å². The van der Waals surface area contributed by atoms with Crippen molar-refractivity contribution in [3.63, 3.8) is 0 Å². The van der Waals surface area contributed by atoms with E-state index in [1.54, 1.807) is 12.0 Å². The molecule has 1 atom stereocenters. The number of hydrogen-bond donors (Lipinski definition) is 2. The number of nitrogens with one attached hydrogen (secondary N) is 2. The Labute approximate surface area is 217 Å². The van der Waals surface area contributed by atoms with Crippen molar-refractivity contribution in [1.29, 1.82) is 0 Å². The molecule has 3 heterocycles. The van der Waals surface area contributed by atoms with Gasteiger partial charge in [-0.1, -0.05) is 0 Å². The number of carbonyl (C=O) groups excluding carboxylic acids is 2. The molecule has 5 rings (SSSR count). The summed E-state index contributed by atoms with van der Waals surface area (Å²) in [6, 6.07) is 13.2. The molecule has 0 saturated carbocycles. The maximum atomic E-state index is 12.6. The van der Waals surface area contributed by atoms with Crippen LogP contribution in [0.5, 0.6) is 17.2 Å². The molecule has 0 radical (unpaired) electrons. The molecule has 3 aliphatic rings. The fourth-order valence-corrected chi connectivity index (χ4v) is 5.02. The average molecular weight is 510 g/mol. The molecule has 2 fully saturated rings. The highest BCUT2D eigenvalue weighted by Gasteiger charge is 2.32. The molecule has 2 aromatic carbocycles. The number of piperazine rings is 1. The Morgan fingerprint density at radius 2 is 1.73 bits per heavy atom. The highest BCUT2D eigenvalue weighted by molar-refractivity contribution is 5.97. The molecule has 0 aromatic heterocycles. The van der Waals surface area contributed by atoms with Crippen molar-refractivity contribution in [1.82, 2.24) is 15.5 Å². The number of methoxy groups -OCH3 is 1. The summed E-state index contributed by atoms with van der Waals surface area (Å²) in [7, 11) is 1.68. The van der Waals surface area contributed by atoms with E-state index < -0.39 is 0 Å². The number of amides is 3. The van der Waals surface area contributed by atoms with E-state index in [1.165, 1.54) is 5.69 Å². The zero-order chi connectivity index (χ0) is 25.6. The van der Waals surface area contributed by atoms with Crippen molar-refractivity contribution in [2.75, 3.05) is 75.9 Å². The first-order chi connectivity index (χ1) is 18.1. The van der Waals surface area contributed by atoms with Crippen LogP contribution in [0.15, 0.2) is 42.5 Å². The first-order valence-electron chi connectivity index (χ1n) is 12.9. The lowest BCUT2D eigenvalue weighted by molar-refractivity contribution is -0.117. The second kappa shape index (κ2) is 11.6.